The number of benzene rings is 1. The van der Waals surface area contributed by atoms with Gasteiger partial charge in [0.05, 0.1) is 7.11 Å². The number of nitrogens with zero attached hydrogens (tertiary/aromatic N) is 1. The molecule has 0 heterocycles. The van der Waals surface area contributed by atoms with Gasteiger partial charge in [0.15, 0.2) is 5.96 Å². The molecule has 0 aliphatic heterocycles. The summed E-state index contributed by atoms with van der Waals surface area (Å²) < 4.78 is 5.20. The normalized spacial score (nSPS) is 12.4. The number of ether oxygens (including phenoxy) is 1. The minimum Gasteiger partial charge on any atom is -0.497 e. The van der Waals surface area contributed by atoms with E-state index in [1.54, 1.807) is 14.2 Å². The van der Waals surface area contributed by atoms with E-state index in [0.29, 0.717) is 25.5 Å². The van der Waals surface area contributed by atoms with Crippen molar-refractivity contribution in [3.8, 4) is 5.75 Å². The zero-order valence-corrected chi connectivity index (χ0v) is 14.5. The molecular formula is C17H28N4O2. The van der Waals surface area contributed by atoms with Crippen LogP contribution >= 0.6 is 0 Å². The van der Waals surface area contributed by atoms with E-state index in [9.17, 15) is 4.79 Å². The molecule has 3 N–H and O–H groups in total. The SMILES string of the molecule is CCC(C)NC(=O)CCNC(=NC)NCc1cccc(OC)c1. The number of guanidine groups is 1. The van der Waals surface area contributed by atoms with Crippen LogP contribution in [-0.4, -0.2) is 38.6 Å². The number of carbonyl (C=O) groups excluding carboxylic acids is 1. The quantitative estimate of drug-likeness (QED) is 0.503. The Kier molecular flexibility index (Phi) is 8.57. The number of rotatable bonds is 8. The van der Waals surface area contributed by atoms with Crippen LogP contribution in [0.15, 0.2) is 29.3 Å². The molecule has 1 aromatic rings. The van der Waals surface area contributed by atoms with Crippen LogP contribution in [0.1, 0.15) is 32.3 Å². The Labute approximate surface area is 138 Å². The Hall–Kier alpha value is -2.24. The molecule has 0 fully saturated rings. The van der Waals surface area contributed by atoms with Crippen LogP contribution in [0.3, 0.4) is 0 Å². The molecule has 6 nitrogen and oxygen atoms in total. The molecule has 1 unspecified atom stereocenters. The summed E-state index contributed by atoms with van der Waals surface area (Å²) in [4.78, 5) is 15.9. The van der Waals surface area contributed by atoms with Crippen molar-refractivity contribution in [2.75, 3.05) is 20.7 Å². The largest absolute Gasteiger partial charge is 0.497 e. The van der Waals surface area contributed by atoms with Crippen LogP contribution in [0.2, 0.25) is 0 Å². The molecule has 0 spiro atoms. The predicted molar refractivity (Wildman–Crippen MR) is 93.7 cm³/mol. The van der Waals surface area contributed by atoms with Gasteiger partial charge in [-0.1, -0.05) is 19.1 Å². The number of hydrogen-bond donors (Lipinski definition) is 3. The fourth-order valence-corrected chi connectivity index (χ4v) is 1.93. The van der Waals surface area contributed by atoms with E-state index in [1.165, 1.54) is 0 Å². The third-order valence-electron chi connectivity index (χ3n) is 3.48. The fourth-order valence-electron chi connectivity index (χ4n) is 1.93. The highest BCUT2D eigenvalue weighted by atomic mass is 16.5. The standard InChI is InChI=1S/C17H28N4O2/c1-5-13(2)21-16(22)9-10-19-17(18-3)20-12-14-7-6-8-15(11-14)23-4/h6-8,11,13H,5,9-10,12H2,1-4H3,(H,21,22)(H2,18,19,20). The molecule has 0 aliphatic carbocycles. The van der Waals surface area contributed by atoms with E-state index < -0.39 is 0 Å². The first-order valence-electron chi connectivity index (χ1n) is 7.95. The Morgan fingerprint density at radius 2 is 2.13 bits per heavy atom. The van der Waals surface area contributed by atoms with Gasteiger partial charge in [-0.05, 0) is 31.0 Å². The molecular weight excluding hydrogens is 292 g/mol. The maximum absolute atomic E-state index is 11.7. The van der Waals surface area contributed by atoms with Gasteiger partial charge in [-0.3, -0.25) is 9.79 Å². The summed E-state index contributed by atoms with van der Waals surface area (Å²) in [6, 6.07) is 8.06. The summed E-state index contributed by atoms with van der Waals surface area (Å²) in [5, 5.41) is 9.29. The number of carbonyl (C=O) groups is 1. The highest BCUT2D eigenvalue weighted by Gasteiger charge is 2.06. The topological polar surface area (TPSA) is 74.8 Å². The summed E-state index contributed by atoms with van der Waals surface area (Å²) in [5.41, 5.74) is 1.10. The van der Waals surface area contributed by atoms with Crippen LogP contribution in [0.25, 0.3) is 0 Å². The van der Waals surface area contributed by atoms with E-state index in [1.807, 2.05) is 38.1 Å². The van der Waals surface area contributed by atoms with Crippen LogP contribution in [0, 0.1) is 0 Å². The second-order valence-electron chi connectivity index (χ2n) is 5.33. The van der Waals surface area contributed by atoms with Gasteiger partial charge in [-0.2, -0.15) is 0 Å². The molecule has 1 atom stereocenters. The van der Waals surface area contributed by atoms with E-state index >= 15 is 0 Å². The Balaban J connectivity index is 2.33. The zero-order chi connectivity index (χ0) is 17.1. The first-order valence-corrected chi connectivity index (χ1v) is 7.95. The molecule has 1 aromatic carbocycles. The minimum atomic E-state index is 0.0510. The van der Waals surface area contributed by atoms with E-state index in [2.05, 4.69) is 20.9 Å². The molecule has 1 amide bonds. The van der Waals surface area contributed by atoms with Gasteiger partial charge in [0.25, 0.3) is 0 Å². The molecule has 0 aliphatic rings. The lowest BCUT2D eigenvalue weighted by molar-refractivity contribution is -0.121. The number of aliphatic imine (C=N–C) groups is 1. The first kappa shape index (κ1) is 18.8. The molecule has 0 saturated carbocycles. The predicted octanol–water partition coefficient (Wildman–Crippen LogP) is 1.66. The van der Waals surface area contributed by atoms with Crippen molar-refractivity contribution >= 4 is 11.9 Å². The number of nitrogens with one attached hydrogen (secondary N) is 3. The minimum absolute atomic E-state index is 0.0510. The van der Waals surface area contributed by atoms with Gasteiger partial charge in [0.2, 0.25) is 5.91 Å². The van der Waals surface area contributed by atoms with Crippen LogP contribution < -0.4 is 20.7 Å². The molecule has 0 bridgehead atoms. The average molecular weight is 320 g/mol. The molecule has 0 radical (unpaired) electrons. The van der Waals surface area contributed by atoms with E-state index in [4.69, 9.17) is 4.74 Å². The smallest absolute Gasteiger partial charge is 0.221 e. The van der Waals surface area contributed by atoms with Gasteiger partial charge >= 0.3 is 0 Å². The van der Waals surface area contributed by atoms with Crippen LogP contribution in [-0.2, 0) is 11.3 Å². The summed E-state index contributed by atoms with van der Waals surface area (Å²) in [5.74, 6) is 1.55. The molecule has 0 aromatic heterocycles. The van der Waals surface area contributed by atoms with Crippen LogP contribution in [0.4, 0.5) is 0 Å². The van der Waals surface area contributed by atoms with Crippen molar-refractivity contribution in [1.29, 1.82) is 0 Å². The van der Waals surface area contributed by atoms with Gasteiger partial charge in [-0.25, -0.2) is 0 Å². The van der Waals surface area contributed by atoms with E-state index in [0.717, 1.165) is 17.7 Å². The third-order valence-corrected chi connectivity index (χ3v) is 3.48. The monoisotopic (exact) mass is 320 g/mol. The lowest BCUT2D eigenvalue weighted by Gasteiger charge is -2.14. The molecule has 23 heavy (non-hydrogen) atoms. The molecule has 128 valence electrons. The summed E-state index contributed by atoms with van der Waals surface area (Å²) >= 11 is 0. The maximum atomic E-state index is 11.7. The van der Waals surface area contributed by atoms with Gasteiger partial charge < -0.3 is 20.7 Å². The van der Waals surface area contributed by atoms with Crippen molar-refractivity contribution in [2.45, 2.75) is 39.3 Å². The molecule has 6 heteroatoms. The lowest BCUT2D eigenvalue weighted by atomic mass is 10.2. The fraction of sp³-hybridized carbons (Fsp3) is 0.529. The van der Waals surface area contributed by atoms with Crippen molar-refractivity contribution < 1.29 is 9.53 Å². The van der Waals surface area contributed by atoms with Crippen molar-refractivity contribution in [3.63, 3.8) is 0 Å². The van der Waals surface area contributed by atoms with Gasteiger partial charge in [0.1, 0.15) is 5.75 Å². The van der Waals surface area contributed by atoms with Gasteiger partial charge in [0, 0.05) is 32.6 Å². The summed E-state index contributed by atoms with van der Waals surface area (Å²) in [6.45, 7) is 5.23. The Morgan fingerprint density at radius 3 is 2.78 bits per heavy atom. The zero-order valence-electron chi connectivity index (χ0n) is 14.5. The molecule has 0 saturated heterocycles. The highest BCUT2D eigenvalue weighted by molar-refractivity contribution is 5.81. The third kappa shape index (κ3) is 7.54. The average Bonchev–Trinajstić information content (AvgIpc) is 2.57. The second kappa shape index (κ2) is 10.5. The first-order chi connectivity index (χ1) is 11.1. The second-order valence-corrected chi connectivity index (χ2v) is 5.33. The highest BCUT2D eigenvalue weighted by Crippen LogP contribution is 2.11. The van der Waals surface area contributed by atoms with Crippen molar-refractivity contribution in [1.82, 2.24) is 16.0 Å². The number of methoxy groups -OCH3 is 1. The Bertz CT molecular complexity index is 517. The van der Waals surface area contributed by atoms with Gasteiger partial charge in [-0.15, -0.1) is 0 Å². The van der Waals surface area contributed by atoms with Crippen molar-refractivity contribution in [2.24, 2.45) is 4.99 Å². The lowest BCUT2D eigenvalue weighted by Crippen LogP contribution is -2.40. The van der Waals surface area contributed by atoms with E-state index in [-0.39, 0.29) is 11.9 Å². The Morgan fingerprint density at radius 1 is 1.35 bits per heavy atom. The maximum Gasteiger partial charge on any atom is 0.221 e. The summed E-state index contributed by atoms with van der Waals surface area (Å²) in [7, 11) is 3.36. The molecule has 1 rings (SSSR count). The van der Waals surface area contributed by atoms with Crippen molar-refractivity contribution in [3.05, 3.63) is 29.8 Å². The number of hydrogen-bond acceptors (Lipinski definition) is 3. The summed E-state index contributed by atoms with van der Waals surface area (Å²) in [6.07, 6.45) is 1.35. The number of amides is 1. The van der Waals surface area contributed by atoms with Crippen LogP contribution in [0.5, 0.6) is 5.75 Å².